The first kappa shape index (κ1) is 23.5. The van der Waals surface area contributed by atoms with Gasteiger partial charge in [0.15, 0.2) is 0 Å². The zero-order chi connectivity index (χ0) is 24.9. The molecule has 36 heavy (non-hydrogen) atoms. The Bertz CT molecular complexity index is 1500. The number of hydroxylamine groups is 1. The second-order valence-electron chi connectivity index (χ2n) is 8.36. The van der Waals surface area contributed by atoms with Gasteiger partial charge in [-0.25, -0.2) is 5.48 Å². The van der Waals surface area contributed by atoms with Crippen LogP contribution in [0.2, 0.25) is 0 Å². The lowest BCUT2D eigenvalue weighted by Crippen LogP contribution is -2.18. The summed E-state index contributed by atoms with van der Waals surface area (Å²) in [6, 6.07) is 31.6. The molecule has 180 valence electrons. The summed E-state index contributed by atoms with van der Waals surface area (Å²) in [5.41, 5.74) is 7.49. The fraction of sp³-hybridized carbons (Fsp3) is 0.0690. The van der Waals surface area contributed by atoms with Gasteiger partial charge in [0, 0.05) is 45.9 Å². The minimum Gasteiger partial charge on any atom is -0.489 e. The second-order valence-corrected chi connectivity index (χ2v) is 9.24. The molecule has 0 radical (unpaired) electrons. The number of nitrogens with one attached hydrogen (secondary N) is 2. The molecule has 7 heteroatoms. The van der Waals surface area contributed by atoms with Crippen LogP contribution in [0, 0.1) is 0 Å². The Balaban J connectivity index is 1.35. The zero-order valence-electron chi connectivity index (χ0n) is 19.6. The van der Waals surface area contributed by atoms with Gasteiger partial charge in [0.25, 0.3) is 5.91 Å². The number of ether oxygens (including phenoxy) is 1. The summed E-state index contributed by atoms with van der Waals surface area (Å²) in [5.74, 6) is 0.299. The van der Waals surface area contributed by atoms with Crippen molar-refractivity contribution in [1.82, 2.24) is 10.0 Å². The van der Waals surface area contributed by atoms with Crippen LogP contribution in [0.1, 0.15) is 15.9 Å². The van der Waals surface area contributed by atoms with Gasteiger partial charge in [0.2, 0.25) is 0 Å². The van der Waals surface area contributed by atoms with Gasteiger partial charge in [0.05, 0.1) is 0 Å². The Labute approximate surface area is 213 Å². The van der Waals surface area contributed by atoms with Crippen LogP contribution in [-0.4, -0.2) is 15.7 Å². The van der Waals surface area contributed by atoms with E-state index in [0.717, 1.165) is 43.9 Å². The van der Waals surface area contributed by atoms with Gasteiger partial charge in [-0.05, 0) is 77.7 Å². The van der Waals surface area contributed by atoms with Crippen LogP contribution in [0.4, 0.5) is 5.69 Å². The first-order chi connectivity index (χ1) is 17.6. The highest BCUT2D eigenvalue weighted by Crippen LogP contribution is 2.34. The van der Waals surface area contributed by atoms with Gasteiger partial charge in [0.1, 0.15) is 12.4 Å². The molecule has 0 bridgehead atoms. The number of nitrogens with zero attached hydrogens (tertiary/aromatic N) is 1. The minimum atomic E-state index is -0.531. The normalized spacial score (nSPS) is 10.8. The summed E-state index contributed by atoms with van der Waals surface area (Å²) in [4.78, 5) is 12.5. The average Bonchev–Trinajstić information content (AvgIpc) is 3.27. The maximum atomic E-state index is 11.5. The molecule has 3 N–H and O–H groups in total. The topological polar surface area (TPSA) is 75.5 Å². The number of carbonyl (C=O) groups is 1. The second kappa shape index (κ2) is 10.6. The molecule has 0 aliphatic heterocycles. The van der Waals surface area contributed by atoms with Crippen LogP contribution < -0.4 is 14.9 Å². The largest absolute Gasteiger partial charge is 0.489 e. The van der Waals surface area contributed by atoms with Crippen LogP contribution in [0.15, 0.2) is 108 Å². The summed E-state index contributed by atoms with van der Waals surface area (Å²) in [5, 5.41) is 9.90. The molecule has 0 aliphatic carbocycles. The number of benzene rings is 4. The maximum absolute atomic E-state index is 11.5. The first-order valence-corrected chi connectivity index (χ1v) is 12.3. The monoisotopic (exact) mass is 495 g/mol. The molecule has 1 amide bonds. The number of amides is 1. The average molecular weight is 496 g/mol. The summed E-state index contributed by atoms with van der Waals surface area (Å²) in [6.45, 7) is 0.525. The molecule has 5 aromatic rings. The summed E-state index contributed by atoms with van der Waals surface area (Å²) < 4.78 is 11.6. The Hall–Kier alpha value is -4.20. The van der Waals surface area contributed by atoms with Gasteiger partial charge in [-0.2, -0.15) is 0 Å². The van der Waals surface area contributed by atoms with Crippen LogP contribution >= 0.6 is 11.9 Å². The molecule has 0 atom stereocenters. The van der Waals surface area contributed by atoms with Crippen molar-refractivity contribution in [3.05, 3.63) is 114 Å². The maximum Gasteiger partial charge on any atom is 0.274 e. The number of hydrogen-bond donors (Lipinski definition) is 3. The number of aromatic nitrogens is 1. The van der Waals surface area contributed by atoms with Crippen molar-refractivity contribution in [2.45, 2.75) is 11.5 Å². The molecule has 1 heterocycles. The van der Waals surface area contributed by atoms with Crippen molar-refractivity contribution >= 4 is 34.4 Å². The van der Waals surface area contributed by atoms with Gasteiger partial charge in [-0.1, -0.05) is 42.5 Å². The van der Waals surface area contributed by atoms with E-state index in [4.69, 9.17) is 9.94 Å². The van der Waals surface area contributed by atoms with Crippen LogP contribution in [0.3, 0.4) is 0 Å². The Morgan fingerprint density at radius 3 is 2.53 bits per heavy atom. The highest BCUT2D eigenvalue weighted by atomic mass is 32.2. The van der Waals surface area contributed by atoms with Crippen LogP contribution in [0.25, 0.3) is 22.0 Å². The SMILES string of the molecule is Cn1cc(-c2cccc(OCc3ccccc3)c2)c2cc(NSc3ccc(C(=O)NO)cc3)ccc21. The number of fused-ring (bicyclic) bond motifs is 1. The van der Waals surface area contributed by atoms with Crippen molar-refractivity contribution in [1.29, 1.82) is 0 Å². The summed E-state index contributed by atoms with van der Waals surface area (Å²) in [7, 11) is 2.05. The molecule has 1 aromatic heterocycles. The zero-order valence-corrected chi connectivity index (χ0v) is 20.5. The van der Waals surface area contributed by atoms with Crippen molar-refractivity contribution in [3.8, 4) is 16.9 Å². The van der Waals surface area contributed by atoms with Crippen molar-refractivity contribution < 1.29 is 14.7 Å². The van der Waals surface area contributed by atoms with E-state index in [9.17, 15) is 4.79 Å². The molecule has 0 unspecified atom stereocenters. The summed E-state index contributed by atoms with van der Waals surface area (Å²) in [6.07, 6.45) is 2.14. The molecule has 0 saturated carbocycles. The Morgan fingerprint density at radius 2 is 1.75 bits per heavy atom. The molecular weight excluding hydrogens is 470 g/mol. The molecule has 0 spiro atoms. The predicted molar refractivity (Wildman–Crippen MR) is 144 cm³/mol. The van der Waals surface area contributed by atoms with Crippen molar-refractivity contribution in [2.24, 2.45) is 7.05 Å². The third kappa shape index (κ3) is 5.22. The van der Waals surface area contributed by atoms with E-state index < -0.39 is 5.91 Å². The first-order valence-electron chi connectivity index (χ1n) is 11.4. The van der Waals surface area contributed by atoms with E-state index in [1.165, 1.54) is 11.9 Å². The quantitative estimate of drug-likeness (QED) is 0.127. The Kier molecular flexibility index (Phi) is 6.93. The third-order valence-electron chi connectivity index (χ3n) is 5.89. The molecule has 0 saturated heterocycles. The minimum absolute atomic E-state index is 0.396. The van der Waals surface area contributed by atoms with E-state index in [0.29, 0.717) is 12.2 Å². The lowest BCUT2D eigenvalue weighted by Gasteiger charge is -2.09. The smallest absolute Gasteiger partial charge is 0.274 e. The van der Waals surface area contributed by atoms with E-state index in [1.807, 2.05) is 55.6 Å². The van der Waals surface area contributed by atoms with Crippen LogP contribution in [0.5, 0.6) is 5.75 Å². The van der Waals surface area contributed by atoms with E-state index >= 15 is 0 Å². The number of anilines is 1. The highest BCUT2D eigenvalue weighted by molar-refractivity contribution is 8.00. The predicted octanol–water partition coefficient (Wildman–Crippen LogP) is 6.66. The van der Waals surface area contributed by atoms with Gasteiger partial charge in [-0.3, -0.25) is 10.0 Å². The summed E-state index contributed by atoms with van der Waals surface area (Å²) >= 11 is 1.45. The van der Waals surface area contributed by atoms with Crippen molar-refractivity contribution in [3.63, 3.8) is 0 Å². The van der Waals surface area contributed by atoms with Gasteiger partial charge in [-0.15, -0.1) is 0 Å². The number of hydrogen-bond acceptors (Lipinski definition) is 5. The fourth-order valence-corrected chi connectivity index (χ4v) is 4.67. The highest BCUT2D eigenvalue weighted by Gasteiger charge is 2.11. The van der Waals surface area contributed by atoms with E-state index in [-0.39, 0.29) is 0 Å². The van der Waals surface area contributed by atoms with Crippen molar-refractivity contribution in [2.75, 3.05) is 4.72 Å². The number of rotatable bonds is 8. The lowest BCUT2D eigenvalue weighted by molar-refractivity contribution is 0.0706. The lowest BCUT2D eigenvalue weighted by atomic mass is 10.0. The van der Waals surface area contributed by atoms with Gasteiger partial charge < -0.3 is 14.0 Å². The van der Waals surface area contributed by atoms with Crippen LogP contribution in [-0.2, 0) is 13.7 Å². The molecule has 4 aromatic carbocycles. The number of carbonyl (C=O) groups excluding carboxylic acids is 1. The fourth-order valence-electron chi connectivity index (χ4n) is 4.04. The molecule has 0 fully saturated rings. The Morgan fingerprint density at radius 1 is 0.944 bits per heavy atom. The standard InChI is InChI=1S/C29H25N3O3S/c1-32-18-27(22-8-5-9-24(16-22)35-19-20-6-3-2-4-7-20)26-17-23(12-15-28(26)32)31-36-25-13-10-21(11-14-25)29(33)30-34/h2-18,31,34H,19H2,1H3,(H,30,33). The third-order valence-corrected chi connectivity index (χ3v) is 6.73. The van der Waals surface area contributed by atoms with Gasteiger partial charge >= 0.3 is 0 Å². The molecule has 5 rings (SSSR count). The van der Waals surface area contributed by atoms with E-state index in [1.54, 1.807) is 17.6 Å². The molecule has 0 aliphatic rings. The molecular formula is C29H25N3O3S. The molecule has 6 nitrogen and oxygen atoms in total. The number of aryl methyl sites for hydroxylation is 1. The van der Waals surface area contributed by atoms with E-state index in [2.05, 4.69) is 51.9 Å².